The van der Waals surface area contributed by atoms with Crippen LogP contribution in [0.25, 0.3) is 10.4 Å². The number of rotatable bonds is 4. The monoisotopic (exact) mass is 370 g/mol. The molecule has 4 rings (SSSR count). The molecule has 1 aromatic heterocycles. The molecule has 2 aromatic carbocycles. The van der Waals surface area contributed by atoms with Gasteiger partial charge in [-0.3, -0.25) is 4.79 Å². The number of ether oxygens (including phenoxy) is 2. The van der Waals surface area contributed by atoms with Gasteiger partial charge in [0.2, 0.25) is 6.79 Å². The Morgan fingerprint density at radius 3 is 2.77 bits per heavy atom. The molecule has 0 aliphatic carbocycles. The average molecular weight is 370 g/mol. The SMILES string of the molecule is Cc1nc(C(=O)NCc2ccc3c(c2)OCO3)c(-c2ccc(F)cc2)s1. The van der Waals surface area contributed by atoms with Gasteiger partial charge in [0.05, 0.1) is 9.88 Å². The Morgan fingerprint density at radius 2 is 1.96 bits per heavy atom. The van der Waals surface area contributed by atoms with Crippen LogP contribution >= 0.6 is 11.3 Å². The molecule has 0 radical (unpaired) electrons. The van der Waals surface area contributed by atoms with Crippen LogP contribution in [0.5, 0.6) is 11.5 Å². The van der Waals surface area contributed by atoms with Crippen molar-refractivity contribution in [2.45, 2.75) is 13.5 Å². The summed E-state index contributed by atoms with van der Waals surface area (Å²) in [7, 11) is 0. The summed E-state index contributed by atoms with van der Waals surface area (Å²) in [4.78, 5) is 17.7. The van der Waals surface area contributed by atoms with Gasteiger partial charge in [0.25, 0.3) is 5.91 Å². The number of fused-ring (bicyclic) bond motifs is 1. The van der Waals surface area contributed by atoms with E-state index in [1.165, 1.54) is 23.5 Å². The van der Waals surface area contributed by atoms with Gasteiger partial charge < -0.3 is 14.8 Å². The molecule has 132 valence electrons. The third-order valence-electron chi connectivity index (χ3n) is 3.95. The van der Waals surface area contributed by atoms with Crippen LogP contribution in [0.3, 0.4) is 0 Å². The zero-order valence-electron chi connectivity index (χ0n) is 13.9. The highest BCUT2D eigenvalue weighted by Crippen LogP contribution is 2.33. The molecule has 3 aromatic rings. The number of hydrogen-bond donors (Lipinski definition) is 1. The van der Waals surface area contributed by atoms with Crippen molar-refractivity contribution >= 4 is 17.2 Å². The summed E-state index contributed by atoms with van der Waals surface area (Å²) < 4.78 is 23.8. The van der Waals surface area contributed by atoms with E-state index in [1.807, 2.05) is 25.1 Å². The van der Waals surface area contributed by atoms with Gasteiger partial charge in [-0.05, 0) is 42.3 Å². The molecule has 0 bridgehead atoms. The van der Waals surface area contributed by atoms with Crippen LogP contribution in [0.1, 0.15) is 21.1 Å². The number of halogens is 1. The van der Waals surface area contributed by atoms with Crippen molar-refractivity contribution in [3.05, 3.63) is 64.5 Å². The molecule has 26 heavy (non-hydrogen) atoms. The number of amides is 1. The van der Waals surface area contributed by atoms with E-state index in [9.17, 15) is 9.18 Å². The van der Waals surface area contributed by atoms with Gasteiger partial charge in [0.1, 0.15) is 11.5 Å². The number of nitrogens with one attached hydrogen (secondary N) is 1. The van der Waals surface area contributed by atoms with Crippen LogP contribution in [-0.2, 0) is 6.54 Å². The van der Waals surface area contributed by atoms with Gasteiger partial charge in [-0.2, -0.15) is 0 Å². The molecule has 0 unspecified atom stereocenters. The fourth-order valence-corrected chi connectivity index (χ4v) is 3.62. The highest BCUT2D eigenvalue weighted by molar-refractivity contribution is 7.15. The van der Waals surface area contributed by atoms with Crippen molar-refractivity contribution in [1.82, 2.24) is 10.3 Å². The van der Waals surface area contributed by atoms with Crippen LogP contribution in [0, 0.1) is 12.7 Å². The molecule has 0 saturated carbocycles. The van der Waals surface area contributed by atoms with Crippen LogP contribution in [-0.4, -0.2) is 17.7 Å². The fourth-order valence-electron chi connectivity index (χ4n) is 2.69. The predicted octanol–water partition coefficient (Wildman–Crippen LogP) is 3.92. The lowest BCUT2D eigenvalue weighted by Gasteiger charge is -2.06. The van der Waals surface area contributed by atoms with E-state index in [1.54, 1.807) is 12.1 Å². The maximum absolute atomic E-state index is 13.2. The van der Waals surface area contributed by atoms with Crippen LogP contribution < -0.4 is 14.8 Å². The summed E-state index contributed by atoms with van der Waals surface area (Å²) in [5.74, 6) is 0.789. The first-order valence-corrected chi connectivity index (χ1v) is 8.82. The molecule has 2 heterocycles. The van der Waals surface area contributed by atoms with Gasteiger partial charge in [0, 0.05) is 6.54 Å². The molecule has 1 amide bonds. The second kappa shape index (κ2) is 6.76. The van der Waals surface area contributed by atoms with Gasteiger partial charge in [-0.1, -0.05) is 18.2 Å². The summed E-state index contributed by atoms with van der Waals surface area (Å²) in [5, 5.41) is 3.65. The summed E-state index contributed by atoms with van der Waals surface area (Å²) >= 11 is 1.41. The number of carbonyl (C=O) groups is 1. The van der Waals surface area contributed by atoms with E-state index in [2.05, 4.69) is 10.3 Å². The highest BCUT2D eigenvalue weighted by Gasteiger charge is 2.19. The Morgan fingerprint density at radius 1 is 1.19 bits per heavy atom. The predicted molar refractivity (Wildman–Crippen MR) is 96.0 cm³/mol. The third kappa shape index (κ3) is 3.25. The molecule has 5 nitrogen and oxygen atoms in total. The smallest absolute Gasteiger partial charge is 0.271 e. The van der Waals surface area contributed by atoms with E-state index in [-0.39, 0.29) is 18.5 Å². The first-order valence-electron chi connectivity index (χ1n) is 8.00. The second-order valence-corrected chi connectivity index (χ2v) is 6.99. The maximum Gasteiger partial charge on any atom is 0.271 e. The number of aromatic nitrogens is 1. The zero-order valence-corrected chi connectivity index (χ0v) is 14.7. The van der Waals surface area contributed by atoms with E-state index in [0.717, 1.165) is 21.0 Å². The molecule has 1 aliphatic heterocycles. The van der Waals surface area contributed by atoms with E-state index in [0.29, 0.717) is 23.7 Å². The number of nitrogens with zero attached hydrogens (tertiary/aromatic N) is 1. The lowest BCUT2D eigenvalue weighted by atomic mass is 10.1. The molecule has 7 heteroatoms. The van der Waals surface area contributed by atoms with Crippen molar-refractivity contribution in [2.75, 3.05) is 6.79 Å². The Kier molecular flexibility index (Phi) is 4.30. The Balaban J connectivity index is 1.52. The van der Waals surface area contributed by atoms with Crippen molar-refractivity contribution in [3.8, 4) is 21.9 Å². The van der Waals surface area contributed by atoms with Gasteiger partial charge in [-0.15, -0.1) is 11.3 Å². The standard InChI is InChI=1S/C19H15FN2O3S/c1-11-22-17(18(26-11)13-3-5-14(20)6-4-13)19(23)21-9-12-2-7-15-16(8-12)25-10-24-15/h2-8H,9-10H2,1H3,(H,21,23). The summed E-state index contributed by atoms with van der Waals surface area (Å²) in [5.41, 5.74) is 2.02. The van der Waals surface area contributed by atoms with Crippen LogP contribution in [0.2, 0.25) is 0 Å². The Bertz CT molecular complexity index is 969. The van der Waals surface area contributed by atoms with Crippen LogP contribution in [0.4, 0.5) is 4.39 Å². The summed E-state index contributed by atoms with van der Waals surface area (Å²) in [6, 6.07) is 11.6. The van der Waals surface area contributed by atoms with Crippen LogP contribution in [0.15, 0.2) is 42.5 Å². The van der Waals surface area contributed by atoms with Gasteiger partial charge in [0.15, 0.2) is 11.5 Å². The van der Waals surface area contributed by atoms with Gasteiger partial charge in [-0.25, -0.2) is 9.37 Å². The minimum absolute atomic E-state index is 0.213. The first kappa shape index (κ1) is 16.5. The zero-order chi connectivity index (χ0) is 18.1. The van der Waals surface area contributed by atoms with Crippen molar-refractivity contribution in [3.63, 3.8) is 0 Å². The Hall–Kier alpha value is -2.93. The normalized spacial score (nSPS) is 12.2. The number of carbonyl (C=O) groups excluding carboxylic acids is 1. The summed E-state index contributed by atoms with van der Waals surface area (Å²) in [6.45, 7) is 2.39. The number of aryl methyl sites for hydroxylation is 1. The third-order valence-corrected chi connectivity index (χ3v) is 4.97. The van der Waals surface area contributed by atoms with Crippen molar-refractivity contribution in [1.29, 1.82) is 0 Å². The largest absolute Gasteiger partial charge is 0.454 e. The number of hydrogen-bond acceptors (Lipinski definition) is 5. The maximum atomic E-state index is 13.2. The lowest BCUT2D eigenvalue weighted by Crippen LogP contribution is -2.23. The first-order chi connectivity index (χ1) is 12.6. The van der Waals surface area contributed by atoms with E-state index >= 15 is 0 Å². The average Bonchev–Trinajstić information content (AvgIpc) is 3.26. The van der Waals surface area contributed by atoms with Gasteiger partial charge >= 0.3 is 0 Å². The topological polar surface area (TPSA) is 60.5 Å². The Labute approximate surface area is 153 Å². The molecule has 0 spiro atoms. The molecular formula is C19H15FN2O3S. The van der Waals surface area contributed by atoms with E-state index < -0.39 is 0 Å². The molecule has 1 N–H and O–H groups in total. The molecule has 0 saturated heterocycles. The molecular weight excluding hydrogens is 355 g/mol. The van der Waals surface area contributed by atoms with Crippen molar-refractivity contribution < 1.29 is 18.7 Å². The number of benzene rings is 2. The minimum atomic E-state index is -0.316. The minimum Gasteiger partial charge on any atom is -0.454 e. The lowest BCUT2D eigenvalue weighted by molar-refractivity contribution is 0.0947. The van der Waals surface area contributed by atoms with E-state index in [4.69, 9.17) is 9.47 Å². The van der Waals surface area contributed by atoms with Crippen molar-refractivity contribution in [2.24, 2.45) is 0 Å². The highest BCUT2D eigenvalue weighted by atomic mass is 32.1. The second-order valence-electron chi connectivity index (χ2n) is 5.79. The molecule has 1 aliphatic rings. The fraction of sp³-hybridized carbons (Fsp3) is 0.158. The quantitative estimate of drug-likeness (QED) is 0.756. The number of thiazole rings is 1. The molecule has 0 atom stereocenters. The molecule has 0 fully saturated rings. The summed E-state index contributed by atoms with van der Waals surface area (Å²) in [6.07, 6.45) is 0.